The fraction of sp³-hybridized carbons (Fsp3) is 0.400. The number of hydrogen-bond acceptors (Lipinski definition) is 2. The summed E-state index contributed by atoms with van der Waals surface area (Å²) in [5, 5.41) is 0. The van der Waals surface area contributed by atoms with Crippen molar-refractivity contribution in [1.82, 2.24) is 19.0 Å². The average Bonchev–Trinajstić information content (AvgIpc) is 3.35. The van der Waals surface area contributed by atoms with Crippen LogP contribution in [0.5, 0.6) is 0 Å². The molecule has 0 spiro atoms. The maximum absolute atomic E-state index is 12.8. The smallest absolute Gasteiger partial charge is 0.223 e. The summed E-state index contributed by atoms with van der Waals surface area (Å²) < 4.78 is 4.27. The highest BCUT2D eigenvalue weighted by Crippen LogP contribution is 2.33. The van der Waals surface area contributed by atoms with Crippen LogP contribution in [0, 0.1) is 0 Å². The van der Waals surface area contributed by atoms with Crippen molar-refractivity contribution >= 4 is 16.9 Å². The number of para-hydroxylation sites is 2. The Kier molecular flexibility index (Phi) is 4.30. The Morgan fingerprint density at radius 1 is 1.20 bits per heavy atom. The maximum atomic E-state index is 12.8. The first-order chi connectivity index (χ1) is 12.2. The highest BCUT2D eigenvalue weighted by Gasteiger charge is 2.32. The molecule has 130 valence electrons. The summed E-state index contributed by atoms with van der Waals surface area (Å²) >= 11 is 0. The monoisotopic (exact) mass is 336 g/mol. The lowest BCUT2D eigenvalue weighted by molar-refractivity contribution is -0.132. The zero-order chi connectivity index (χ0) is 17.2. The molecule has 0 aliphatic carbocycles. The van der Waals surface area contributed by atoms with Gasteiger partial charge in [-0.1, -0.05) is 12.1 Å². The molecule has 0 saturated carbocycles. The molecule has 1 fully saturated rings. The van der Waals surface area contributed by atoms with E-state index in [0.29, 0.717) is 6.42 Å². The van der Waals surface area contributed by atoms with E-state index in [0.717, 1.165) is 49.2 Å². The number of likely N-dealkylation sites (tertiary alicyclic amines) is 1. The molecular formula is C20H24N4O. The lowest BCUT2D eigenvalue weighted by atomic mass is 10.2. The Balaban J connectivity index is 1.47. The van der Waals surface area contributed by atoms with Crippen LogP contribution in [0.3, 0.4) is 0 Å². The summed E-state index contributed by atoms with van der Waals surface area (Å²) in [5.74, 6) is 1.26. The number of carbonyl (C=O) groups is 1. The van der Waals surface area contributed by atoms with Crippen LogP contribution in [-0.2, 0) is 18.4 Å². The molecule has 0 N–H and O–H groups in total. The van der Waals surface area contributed by atoms with Gasteiger partial charge in [0.15, 0.2) is 0 Å². The van der Waals surface area contributed by atoms with Gasteiger partial charge in [0.25, 0.3) is 0 Å². The molecule has 0 bridgehead atoms. The highest BCUT2D eigenvalue weighted by molar-refractivity contribution is 5.78. The topological polar surface area (TPSA) is 43.1 Å². The van der Waals surface area contributed by atoms with E-state index in [-0.39, 0.29) is 11.9 Å². The highest BCUT2D eigenvalue weighted by atomic mass is 16.2. The summed E-state index contributed by atoms with van der Waals surface area (Å²) in [6, 6.07) is 12.3. The number of aryl methyl sites for hydroxylation is 2. The zero-order valence-electron chi connectivity index (χ0n) is 14.6. The van der Waals surface area contributed by atoms with Crippen LogP contribution < -0.4 is 0 Å². The van der Waals surface area contributed by atoms with E-state index in [1.165, 1.54) is 0 Å². The number of nitrogens with zero attached hydrogens (tertiary/aromatic N) is 4. The van der Waals surface area contributed by atoms with Crippen LogP contribution in [0.1, 0.15) is 37.5 Å². The van der Waals surface area contributed by atoms with Crippen molar-refractivity contribution in [1.29, 1.82) is 0 Å². The lowest BCUT2D eigenvalue weighted by Crippen LogP contribution is -2.31. The molecule has 1 aliphatic rings. The van der Waals surface area contributed by atoms with Gasteiger partial charge >= 0.3 is 0 Å². The SMILES string of the molecule is Cn1c(C2CCCN2C(=O)CCCn2cccc2)nc2ccccc21. The van der Waals surface area contributed by atoms with E-state index in [9.17, 15) is 4.79 Å². The van der Waals surface area contributed by atoms with Gasteiger partial charge in [-0.25, -0.2) is 4.98 Å². The van der Waals surface area contributed by atoms with Gasteiger partial charge in [-0.3, -0.25) is 4.79 Å². The van der Waals surface area contributed by atoms with Gasteiger partial charge in [0.2, 0.25) is 5.91 Å². The molecule has 1 aromatic carbocycles. The van der Waals surface area contributed by atoms with Crippen LogP contribution in [0.15, 0.2) is 48.8 Å². The molecule has 1 unspecified atom stereocenters. The third-order valence-corrected chi connectivity index (χ3v) is 5.17. The number of amides is 1. The Bertz CT molecular complexity index is 865. The molecule has 3 aromatic rings. The van der Waals surface area contributed by atoms with Crippen LogP contribution in [0.25, 0.3) is 11.0 Å². The summed E-state index contributed by atoms with van der Waals surface area (Å²) in [7, 11) is 2.05. The van der Waals surface area contributed by atoms with Gasteiger partial charge in [0.05, 0.1) is 17.1 Å². The summed E-state index contributed by atoms with van der Waals surface area (Å²) in [6.07, 6.45) is 7.61. The van der Waals surface area contributed by atoms with Crippen LogP contribution >= 0.6 is 0 Å². The van der Waals surface area contributed by atoms with Crippen molar-refractivity contribution in [2.75, 3.05) is 6.54 Å². The Labute approximate surface area is 147 Å². The molecule has 1 atom stereocenters. The van der Waals surface area contributed by atoms with Crippen molar-refractivity contribution < 1.29 is 4.79 Å². The Morgan fingerprint density at radius 3 is 2.80 bits per heavy atom. The third kappa shape index (κ3) is 3.06. The molecule has 25 heavy (non-hydrogen) atoms. The van der Waals surface area contributed by atoms with Gasteiger partial charge in [0, 0.05) is 39.0 Å². The van der Waals surface area contributed by atoms with Crippen molar-refractivity contribution in [2.24, 2.45) is 7.05 Å². The molecule has 1 saturated heterocycles. The zero-order valence-corrected chi connectivity index (χ0v) is 14.6. The van der Waals surface area contributed by atoms with Crippen molar-refractivity contribution in [3.05, 3.63) is 54.6 Å². The average molecular weight is 336 g/mol. The number of aromatic nitrogens is 3. The van der Waals surface area contributed by atoms with Crippen LogP contribution in [-0.4, -0.2) is 31.5 Å². The molecule has 1 aliphatic heterocycles. The number of fused-ring (bicyclic) bond motifs is 1. The van der Waals surface area contributed by atoms with Crippen LogP contribution in [0.2, 0.25) is 0 Å². The van der Waals surface area contributed by atoms with Gasteiger partial charge in [-0.2, -0.15) is 0 Å². The summed E-state index contributed by atoms with van der Waals surface area (Å²) in [4.78, 5) is 19.6. The second kappa shape index (κ2) is 6.75. The van der Waals surface area contributed by atoms with E-state index in [1.807, 2.05) is 47.6 Å². The first-order valence-corrected chi connectivity index (χ1v) is 9.05. The van der Waals surface area contributed by atoms with Gasteiger partial charge in [0.1, 0.15) is 5.82 Å². The lowest BCUT2D eigenvalue weighted by Gasteiger charge is -2.24. The predicted molar refractivity (Wildman–Crippen MR) is 98.1 cm³/mol. The van der Waals surface area contributed by atoms with Gasteiger partial charge < -0.3 is 14.0 Å². The van der Waals surface area contributed by atoms with E-state index >= 15 is 0 Å². The third-order valence-electron chi connectivity index (χ3n) is 5.17. The number of carbonyl (C=O) groups excluding carboxylic acids is 1. The second-order valence-corrected chi connectivity index (χ2v) is 6.79. The standard InChI is InChI=1S/C20H24N4O/c1-22-17-9-3-2-8-16(17)21-20(22)18-10-6-15-24(18)19(25)11-7-14-23-12-4-5-13-23/h2-5,8-9,12-13,18H,6-7,10-11,14-15H2,1H3. The maximum Gasteiger partial charge on any atom is 0.223 e. The number of hydrogen-bond donors (Lipinski definition) is 0. The van der Waals surface area contributed by atoms with Crippen molar-refractivity contribution in [3.63, 3.8) is 0 Å². The first kappa shape index (κ1) is 15.9. The Hall–Kier alpha value is -2.56. The minimum absolute atomic E-state index is 0.108. The molecule has 5 nitrogen and oxygen atoms in total. The van der Waals surface area contributed by atoms with Gasteiger partial charge in [-0.15, -0.1) is 0 Å². The van der Waals surface area contributed by atoms with E-state index in [1.54, 1.807) is 0 Å². The van der Waals surface area contributed by atoms with Crippen molar-refractivity contribution in [2.45, 2.75) is 38.3 Å². The molecule has 4 rings (SSSR count). The quantitative estimate of drug-likeness (QED) is 0.715. The predicted octanol–water partition coefficient (Wildman–Crippen LogP) is 3.52. The molecule has 1 amide bonds. The van der Waals surface area contributed by atoms with E-state index < -0.39 is 0 Å². The number of benzene rings is 1. The fourth-order valence-electron chi connectivity index (χ4n) is 3.87. The van der Waals surface area contributed by atoms with E-state index in [4.69, 9.17) is 4.98 Å². The van der Waals surface area contributed by atoms with Crippen LogP contribution in [0.4, 0.5) is 0 Å². The number of imidazole rings is 1. The molecule has 0 radical (unpaired) electrons. The molecular weight excluding hydrogens is 312 g/mol. The largest absolute Gasteiger partial charge is 0.354 e. The molecule has 3 heterocycles. The number of rotatable bonds is 5. The minimum Gasteiger partial charge on any atom is -0.354 e. The minimum atomic E-state index is 0.108. The summed E-state index contributed by atoms with van der Waals surface area (Å²) in [5.41, 5.74) is 2.14. The Morgan fingerprint density at radius 2 is 2.00 bits per heavy atom. The fourth-order valence-corrected chi connectivity index (χ4v) is 3.87. The van der Waals surface area contributed by atoms with Gasteiger partial charge in [-0.05, 0) is 43.5 Å². The van der Waals surface area contributed by atoms with Crippen molar-refractivity contribution in [3.8, 4) is 0 Å². The summed E-state index contributed by atoms with van der Waals surface area (Å²) in [6.45, 7) is 1.74. The molecule has 5 heteroatoms. The molecule has 2 aromatic heterocycles. The first-order valence-electron chi connectivity index (χ1n) is 9.05. The normalized spacial score (nSPS) is 17.5. The second-order valence-electron chi connectivity index (χ2n) is 6.79. The van der Waals surface area contributed by atoms with E-state index in [2.05, 4.69) is 22.2 Å².